The van der Waals surface area contributed by atoms with Crippen LogP contribution in [0.1, 0.15) is 12.0 Å². The van der Waals surface area contributed by atoms with Gasteiger partial charge in [-0.05, 0) is 22.4 Å². The number of carbonyl (C=O) groups excluding carboxylic acids is 1. The van der Waals surface area contributed by atoms with Gasteiger partial charge in [-0.25, -0.2) is 0 Å². The minimum atomic E-state index is -0.00633. The molecule has 0 bridgehead atoms. The van der Waals surface area contributed by atoms with Gasteiger partial charge in [0.25, 0.3) is 0 Å². The molecular weight excluding hydrogens is 234 g/mol. The molecule has 17 heavy (non-hydrogen) atoms. The minimum absolute atomic E-state index is 0.00633. The van der Waals surface area contributed by atoms with Crippen molar-refractivity contribution in [3.05, 3.63) is 48.0 Å². The van der Waals surface area contributed by atoms with Gasteiger partial charge in [-0.3, -0.25) is 4.79 Å². The number of alkyl halides is 1. The van der Waals surface area contributed by atoms with Gasteiger partial charge in [0.05, 0.1) is 0 Å². The van der Waals surface area contributed by atoms with Crippen LogP contribution in [-0.2, 0) is 11.3 Å². The Labute approximate surface area is 106 Å². The number of hydrogen-bond acceptors (Lipinski definition) is 1. The summed E-state index contributed by atoms with van der Waals surface area (Å²) >= 11 is 5.50. The Morgan fingerprint density at radius 3 is 2.65 bits per heavy atom. The number of fused-ring (bicyclic) bond motifs is 1. The Bertz CT molecular complexity index is 524. The monoisotopic (exact) mass is 247 g/mol. The van der Waals surface area contributed by atoms with Crippen LogP contribution in [0.25, 0.3) is 10.8 Å². The molecule has 0 spiro atoms. The van der Waals surface area contributed by atoms with Gasteiger partial charge < -0.3 is 5.32 Å². The average Bonchev–Trinajstić information content (AvgIpc) is 2.36. The van der Waals surface area contributed by atoms with E-state index >= 15 is 0 Å². The van der Waals surface area contributed by atoms with E-state index in [4.69, 9.17) is 11.6 Å². The van der Waals surface area contributed by atoms with Crippen LogP contribution in [0.3, 0.4) is 0 Å². The molecule has 2 nitrogen and oxygen atoms in total. The predicted molar refractivity (Wildman–Crippen MR) is 71.1 cm³/mol. The molecule has 2 aromatic rings. The SMILES string of the molecule is O=C(CCCl)NCc1ccc2ccccc2c1. The van der Waals surface area contributed by atoms with E-state index in [0.717, 1.165) is 5.56 Å². The molecule has 0 fully saturated rings. The van der Waals surface area contributed by atoms with Gasteiger partial charge >= 0.3 is 0 Å². The molecule has 0 radical (unpaired) electrons. The van der Waals surface area contributed by atoms with E-state index in [1.165, 1.54) is 10.8 Å². The number of amides is 1. The fraction of sp³-hybridized carbons (Fsp3) is 0.214. The van der Waals surface area contributed by atoms with Gasteiger partial charge in [-0.1, -0.05) is 36.4 Å². The second-order valence-electron chi connectivity index (χ2n) is 3.90. The quantitative estimate of drug-likeness (QED) is 0.827. The van der Waals surface area contributed by atoms with E-state index in [1.54, 1.807) is 0 Å². The van der Waals surface area contributed by atoms with Crippen molar-refractivity contribution < 1.29 is 4.79 Å². The third kappa shape index (κ3) is 3.21. The second-order valence-corrected chi connectivity index (χ2v) is 4.28. The van der Waals surface area contributed by atoms with E-state index in [1.807, 2.05) is 18.2 Å². The van der Waals surface area contributed by atoms with Crippen molar-refractivity contribution in [3.8, 4) is 0 Å². The molecule has 0 aliphatic carbocycles. The van der Waals surface area contributed by atoms with Crippen molar-refractivity contribution in [2.75, 3.05) is 5.88 Å². The summed E-state index contributed by atoms with van der Waals surface area (Å²) < 4.78 is 0. The minimum Gasteiger partial charge on any atom is -0.352 e. The highest BCUT2D eigenvalue weighted by Gasteiger charge is 2.00. The summed E-state index contributed by atoms with van der Waals surface area (Å²) in [7, 11) is 0. The van der Waals surface area contributed by atoms with Crippen molar-refractivity contribution >= 4 is 28.3 Å². The van der Waals surface area contributed by atoms with Crippen molar-refractivity contribution in [1.82, 2.24) is 5.32 Å². The second kappa shape index (κ2) is 5.69. The topological polar surface area (TPSA) is 29.1 Å². The molecule has 0 atom stereocenters. The maximum atomic E-state index is 11.3. The number of benzene rings is 2. The van der Waals surface area contributed by atoms with Gasteiger partial charge in [-0.15, -0.1) is 11.6 Å². The van der Waals surface area contributed by atoms with Crippen molar-refractivity contribution in [3.63, 3.8) is 0 Å². The number of halogens is 1. The zero-order valence-corrected chi connectivity index (χ0v) is 10.2. The highest BCUT2D eigenvalue weighted by atomic mass is 35.5. The lowest BCUT2D eigenvalue weighted by atomic mass is 10.1. The predicted octanol–water partition coefficient (Wildman–Crippen LogP) is 3.08. The van der Waals surface area contributed by atoms with E-state index in [2.05, 4.69) is 29.6 Å². The zero-order chi connectivity index (χ0) is 12.1. The molecule has 88 valence electrons. The Morgan fingerprint density at radius 1 is 1.12 bits per heavy atom. The highest BCUT2D eigenvalue weighted by molar-refractivity contribution is 6.18. The van der Waals surface area contributed by atoms with E-state index in [0.29, 0.717) is 18.8 Å². The Morgan fingerprint density at radius 2 is 1.88 bits per heavy atom. The lowest BCUT2D eigenvalue weighted by Gasteiger charge is -2.05. The van der Waals surface area contributed by atoms with Crippen molar-refractivity contribution in [2.45, 2.75) is 13.0 Å². The number of rotatable bonds is 4. The third-order valence-corrected chi connectivity index (χ3v) is 2.81. The first kappa shape index (κ1) is 11.9. The summed E-state index contributed by atoms with van der Waals surface area (Å²) in [5.41, 5.74) is 1.10. The molecule has 2 rings (SSSR count). The first-order chi connectivity index (χ1) is 8.29. The summed E-state index contributed by atoms with van der Waals surface area (Å²) in [6.07, 6.45) is 0.370. The summed E-state index contributed by atoms with van der Waals surface area (Å²) in [4.78, 5) is 11.3. The van der Waals surface area contributed by atoms with Gasteiger partial charge in [-0.2, -0.15) is 0 Å². The molecule has 0 unspecified atom stereocenters. The van der Waals surface area contributed by atoms with Crippen LogP contribution in [-0.4, -0.2) is 11.8 Å². The van der Waals surface area contributed by atoms with Crippen LogP contribution >= 0.6 is 11.6 Å². The van der Waals surface area contributed by atoms with E-state index in [-0.39, 0.29) is 5.91 Å². The van der Waals surface area contributed by atoms with Gasteiger partial charge in [0.2, 0.25) is 5.91 Å². The first-order valence-electron chi connectivity index (χ1n) is 5.60. The smallest absolute Gasteiger partial charge is 0.221 e. The first-order valence-corrected chi connectivity index (χ1v) is 6.13. The fourth-order valence-electron chi connectivity index (χ4n) is 1.72. The normalized spacial score (nSPS) is 10.4. The van der Waals surface area contributed by atoms with Crippen molar-refractivity contribution in [2.24, 2.45) is 0 Å². The lowest BCUT2D eigenvalue weighted by molar-refractivity contribution is -0.120. The van der Waals surface area contributed by atoms with Crippen LogP contribution in [0, 0.1) is 0 Å². The molecular formula is C14H14ClNO. The summed E-state index contributed by atoms with van der Waals surface area (Å²) in [5.74, 6) is 0.358. The maximum absolute atomic E-state index is 11.3. The largest absolute Gasteiger partial charge is 0.352 e. The van der Waals surface area contributed by atoms with Crippen LogP contribution in [0.5, 0.6) is 0 Å². The third-order valence-electron chi connectivity index (χ3n) is 2.63. The van der Waals surface area contributed by atoms with E-state index in [9.17, 15) is 4.79 Å². The standard InChI is InChI=1S/C14H14ClNO/c15-8-7-14(17)16-10-11-5-6-12-3-1-2-4-13(12)9-11/h1-6,9H,7-8,10H2,(H,16,17). The van der Waals surface area contributed by atoms with Crippen molar-refractivity contribution in [1.29, 1.82) is 0 Å². The molecule has 2 aromatic carbocycles. The van der Waals surface area contributed by atoms with E-state index < -0.39 is 0 Å². The van der Waals surface area contributed by atoms with Crippen LogP contribution < -0.4 is 5.32 Å². The molecule has 0 heterocycles. The Balaban J connectivity index is 2.06. The molecule has 0 aliphatic heterocycles. The van der Waals surface area contributed by atoms with Crippen LogP contribution in [0.4, 0.5) is 0 Å². The Hall–Kier alpha value is -1.54. The van der Waals surface area contributed by atoms with Crippen LogP contribution in [0.2, 0.25) is 0 Å². The lowest BCUT2D eigenvalue weighted by Crippen LogP contribution is -2.22. The summed E-state index contributed by atoms with van der Waals surface area (Å²) in [6, 6.07) is 14.4. The number of hydrogen-bond donors (Lipinski definition) is 1. The summed E-state index contributed by atoms with van der Waals surface area (Å²) in [6.45, 7) is 0.556. The summed E-state index contributed by atoms with van der Waals surface area (Å²) in [5, 5.41) is 5.24. The molecule has 3 heteroatoms. The molecule has 1 amide bonds. The molecule has 0 saturated carbocycles. The average molecular weight is 248 g/mol. The fourth-order valence-corrected chi connectivity index (χ4v) is 1.90. The van der Waals surface area contributed by atoms with Gasteiger partial charge in [0.15, 0.2) is 0 Å². The zero-order valence-electron chi connectivity index (χ0n) is 9.45. The molecule has 1 N–H and O–H groups in total. The van der Waals surface area contributed by atoms with Crippen LogP contribution in [0.15, 0.2) is 42.5 Å². The Kier molecular flexibility index (Phi) is 3.99. The number of carbonyl (C=O) groups is 1. The number of nitrogens with one attached hydrogen (secondary N) is 1. The van der Waals surface area contributed by atoms with Gasteiger partial charge in [0.1, 0.15) is 0 Å². The molecule has 0 aliphatic rings. The molecule has 0 saturated heterocycles. The highest BCUT2D eigenvalue weighted by Crippen LogP contribution is 2.15. The maximum Gasteiger partial charge on any atom is 0.221 e. The van der Waals surface area contributed by atoms with Gasteiger partial charge in [0, 0.05) is 18.8 Å². The molecule has 0 aromatic heterocycles.